The summed E-state index contributed by atoms with van der Waals surface area (Å²) >= 11 is 0. The second-order valence-electron chi connectivity index (χ2n) is 7.67. The maximum absolute atomic E-state index is 12.6. The van der Waals surface area contributed by atoms with Crippen molar-refractivity contribution in [1.29, 1.82) is 0 Å². The second kappa shape index (κ2) is 8.42. The van der Waals surface area contributed by atoms with Crippen molar-refractivity contribution in [2.75, 3.05) is 0 Å². The van der Waals surface area contributed by atoms with Crippen molar-refractivity contribution in [2.45, 2.75) is 52.6 Å². The number of aromatic amines is 2. The minimum Gasteiger partial charge on any atom is -0.346 e. The van der Waals surface area contributed by atoms with Crippen LogP contribution in [0.3, 0.4) is 0 Å². The molecule has 0 radical (unpaired) electrons. The molecule has 3 aromatic rings. The maximum Gasteiger partial charge on any atom is 0.342 e. The monoisotopic (exact) mass is 398 g/mol. The quantitative estimate of drug-likeness (QED) is 0.560. The van der Waals surface area contributed by atoms with Crippen LogP contribution in [0.25, 0.3) is 11.0 Å². The number of para-hydroxylation sites is 2. The molecule has 9 heteroatoms. The summed E-state index contributed by atoms with van der Waals surface area (Å²) in [4.78, 5) is 42.3. The molecule has 0 saturated heterocycles. The van der Waals surface area contributed by atoms with Gasteiger partial charge in [-0.05, 0) is 31.9 Å². The van der Waals surface area contributed by atoms with E-state index < -0.39 is 11.2 Å². The highest BCUT2D eigenvalue weighted by atomic mass is 16.2. The van der Waals surface area contributed by atoms with Gasteiger partial charge < -0.3 is 9.88 Å². The van der Waals surface area contributed by atoms with Crippen LogP contribution in [0.4, 0.5) is 0 Å². The number of nitrogens with one attached hydrogen (secondary N) is 3. The lowest BCUT2D eigenvalue weighted by atomic mass is 10.0. The van der Waals surface area contributed by atoms with E-state index in [0.717, 1.165) is 16.9 Å². The van der Waals surface area contributed by atoms with Crippen LogP contribution in [0.15, 0.2) is 33.9 Å². The van der Waals surface area contributed by atoms with Crippen LogP contribution in [0, 0.1) is 5.92 Å². The third-order valence-electron chi connectivity index (χ3n) is 4.77. The third-order valence-corrected chi connectivity index (χ3v) is 4.77. The van der Waals surface area contributed by atoms with E-state index >= 15 is 0 Å². The number of carbonyl (C=O) groups is 1. The number of amides is 1. The van der Waals surface area contributed by atoms with Gasteiger partial charge in [-0.1, -0.05) is 26.0 Å². The van der Waals surface area contributed by atoms with Gasteiger partial charge in [0.25, 0.3) is 5.56 Å². The molecule has 0 spiro atoms. The summed E-state index contributed by atoms with van der Waals surface area (Å²) in [5, 5.41) is 8.94. The average Bonchev–Trinajstić information content (AvgIpc) is 3.04. The molecular formula is C20H26N6O3. The highest BCUT2D eigenvalue weighted by Gasteiger charge is 2.26. The van der Waals surface area contributed by atoms with Crippen LogP contribution in [-0.4, -0.2) is 30.6 Å². The van der Waals surface area contributed by atoms with E-state index in [0.29, 0.717) is 0 Å². The molecule has 29 heavy (non-hydrogen) atoms. The van der Waals surface area contributed by atoms with Gasteiger partial charge in [-0.2, -0.15) is 5.10 Å². The molecule has 1 atom stereocenters. The smallest absolute Gasteiger partial charge is 0.342 e. The maximum atomic E-state index is 12.6. The van der Waals surface area contributed by atoms with Crippen LogP contribution in [-0.2, 0) is 11.2 Å². The van der Waals surface area contributed by atoms with Gasteiger partial charge >= 0.3 is 5.69 Å². The predicted octanol–water partition coefficient (Wildman–Crippen LogP) is 1.83. The molecule has 1 unspecified atom stereocenters. The van der Waals surface area contributed by atoms with Gasteiger partial charge in [0.05, 0.1) is 17.1 Å². The zero-order valence-electron chi connectivity index (χ0n) is 17.0. The number of carbonyl (C=O) groups excluding carboxylic acids is 1. The molecule has 0 aliphatic heterocycles. The Balaban J connectivity index is 1.83. The standard InChI is InChI=1S/C20H26N6O3/c1-11(2)17(18-21-13-7-5-6-8-15(13)26(18)12(3)4)22-16(27)10-9-14-19(28)23-20(29)25-24-14/h5-8,11-12,17H,9-10H2,1-4H3,(H,22,27)(H2,23,25,28,29). The van der Waals surface area contributed by atoms with Crippen LogP contribution in [0.2, 0.25) is 0 Å². The van der Waals surface area contributed by atoms with Crippen LogP contribution < -0.4 is 16.6 Å². The van der Waals surface area contributed by atoms with Crippen molar-refractivity contribution in [2.24, 2.45) is 5.92 Å². The number of aryl methyl sites for hydroxylation is 1. The zero-order chi connectivity index (χ0) is 21.1. The average molecular weight is 398 g/mol. The van der Waals surface area contributed by atoms with Crippen molar-refractivity contribution in [1.82, 2.24) is 30.0 Å². The summed E-state index contributed by atoms with van der Waals surface area (Å²) < 4.78 is 2.15. The predicted molar refractivity (Wildman–Crippen MR) is 110 cm³/mol. The van der Waals surface area contributed by atoms with Crippen LogP contribution in [0.1, 0.15) is 57.7 Å². The zero-order valence-corrected chi connectivity index (χ0v) is 17.0. The summed E-state index contributed by atoms with van der Waals surface area (Å²) in [5.74, 6) is 0.714. The van der Waals surface area contributed by atoms with Gasteiger partial charge in [0, 0.05) is 18.9 Å². The minimum absolute atomic E-state index is 0.0766. The number of H-pyrrole nitrogens is 2. The molecule has 2 heterocycles. The third kappa shape index (κ3) is 4.44. The summed E-state index contributed by atoms with van der Waals surface area (Å²) in [6.45, 7) is 8.24. The molecule has 2 aromatic heterocycles. The Hall–Kier alpha value is -3.23. The van der Waals surface area contributed by atoms with E-state index in [1.165, 1.54) is 0 Å². The lowest BCUT2D eigenvalue weighted by Gasteiger charge is -2.24. The molecule has 0 fully saturated rings. The van der Waals surface area contributed by atoms with Gasteiger partial charge in [-0.3, -0.25) is 14.6 Å². The SMILES string of the molecule is CC(C)C(NC(=O)CCc1n[nH]c(=O)[nH]c1=O)c1nc2ccccc2n1C(C)C. The first-order valence-electron chi connectivity index (χ1n) is 9.72. The fourth-order valence-corrected chi connectivity index (χ4v) is 3.37. The Bertz CT molecular complexity index is 1120. The molecule has 154 valence electrons. The second-order valence-corrected chi connectivity index (χ2v) is 7.67. The van der Waals surface area contributed by atoms with Crippen molar-refractivity contribution in [3.63, 3.8) is 0 Å². The number of nitrogens with zero attached hydrogens (tertiary/aromatic N) is 3. The van der Waals surface area contributed by atoms with Crippen molar-refractivity contribution in [3.8, 4) is 0 Å². The molecule has 0 saturated carbocycles. The molecule has 0 bridgehead atoms. The number of aromatic nitrogens is 5. The Morgan fingerprint density at radius 3 is 2.55 bits per heavy atom. The molecule has 9 nitrogen and oxygen atoms in total. The normalized spacial score (nSPS) is 12.6. The Kier molecular flexibility index (Phi) is 5.95. The van der Waals surface area contributed by atoms with Gasteiger partial charge in [-0.15, -0.1) is 0 Å². The van der Waals surface area contributed by atoms with Crippen molar-refractivity contribution in [3.05, 3.63) is 56.6 Å². The number of hydrogen-bond donors (Lipinski definition) is 3. The molecule has 1 amide bonds. The summed E-state index contributed by atoms with van der Waals surface area (Å²) in [6, 6.07) is 7.81. The fourth-order valence-electron chi connectivity index (χ4n) is 3.37. The van der Waals surface area contributed by atoms with Crippen molar-refractivity contribution < 1.29 is 4.79 Å². The van der Waals surface area contributed by atoms with E-state index in [-0.39, 0.29) is 42.4 Å². The molecule has 3 rings (SSSR count). The minimum atomic E-state index is -0.671. The van der Waals surface area contributed by atoms with Gasteiger partial charge in [0.1, 0.15) is 11.5 Å². The molecular weight excluding hydrogens is 372 g/mol. The fraction of sp³-hybridized carbons (Fsp3) is 0.450. The Labute approximate surface area is 167 Å². The molecule has 3 N–H and O–H groups in total. The van der Waals surface area contributed by atoms with E-state index in [4.69, 9.17) is 4.98 Å². The van der Waals surface area contributed by atoms with E-state index in [1.54, 1.807) is 0 Å². The van der Waals surface area contributed by atoms with Crippen LogP contribution >= 0.6 is 0 Å². The lowest BCUT2D eigenvalue weighted by molar-refractivity contribution is -0.122. The summed E-state index contributed by atoms with van der Waals surface area (Å²) in [6.07, 6.45) is 0.205. The lowest BCUT2D eigenvalue weighted by Crippen LogP contribution is -2.35. The largest absolute Gasteiger partial charge is 0.346 e. The van der Waals surface area contributed by atoms with Gasteiger partial charge in [0.2, 0.25) is 5.91 Å². The molecule has 0 aliphatic rings. The molecule has 1 aromatic carbocycles. The Morgan fingerprint density at radius 2 is 1.90 bits per heavy atom. The highest BCUT2D eigenvalue weighted by molar-refractivity contribution is 5.78. The first-order chi connectivity index (χ1) is 13.8. The Morgan fingerprint density at radius 1 is 1.17 bits per heavy atom. The number of rotatable bonds is 7. The molecule has 0 aliphatic carbocycles. The van der Waals surface area contributed by atoms with Gasteiger partial charge in [-0.25, -0.2) is 14.9 Å². The van der Waals surface area contributed by atoms with E-state index in [9.17, 15) is 14.4 Å². The van der Waals surface area contributed by atoms with Gasteiger partial charge in [0.15, 0.2) is 0 Å². The van der Waals surface area contributed by atoms with Crippen molar-refractivity contribution >= 4 is 16.9 Å². The summed E-state index contributed by atoms with van der Waals surface area (Å²) in [7, 11) is 0. The number of fused-ring (bicyclic) bond motifs is 1. The highest BCUT2D eigenvalue weighted by Crippen LogP contribution is 2.28. The number of benzene rings is 1. The van der Waals surface area contributed by atoms with E-state index in [1.807, 2.05) is 38.1 Å². The van der Waals surface area contributed by atoms with E-state index in [2.05, 4.69) is 38.9 Å². The number of imidazole rings is 1. The van der Waals surface area contributed by atoms with Crippen LogP contribution in [0.5, 0.6) is 0 Å². The number of hydrogen-bond acceptors (Lipinski definition) is 5. The summed E-state index contributed by atoms with van der Waals surface area (Å²) in [5.41, 5.74) is 0.788. The first-order valence-corrected chi connectivity index (χ1v) is 9.72. The first kappa shape index (κ1) is 20.5. The topological polar surface area (TPSA) is 126 Å².